The smallest absolute Gasteiger partial charge is 0.423 e. The number of carbonyl (C=O) groups is 3. The predicted molar refractivity (Wildman–Crippen MR) is 126 cm³/mol. The summed E-state index contributed by atoms with van der Waals surface area (Å²) in [5.41, 5.74) is 6.78. The lowest BCUT2D eigenvalue weighted by molar-refractivity contribution is -0.129. The number of H-pyrrole nitrogens is 1. The van der Waals surface area contributed by atoms with Crippen LogP contribution in [0.15, 0.2) is 30.3 Å². The fraction of sp³-hybridized carbons (Fsp3) is 0.476. The van der Waals surface area contributed by atoms with Crippen molar-refractivity contribution in [2.45, 2.75) is 52.8 Å². The molecule has 174 valence electrons. The number of benzene rings is 1. The van der Waals surface area contributed by atoms with E-state index in [0.717, 1.165) is 21.8 Å². The maximum atomic E-state index is 13.4. The Hall–Kier alpha value is -2.63. The topological polar surface area (TPSA) is 130 Å². The number of ether oxygens (including phenoxy) is 1. The number of nitrogens with zero attached hydrogens (tertiary/aromatic N) is 2. The van der Waals surface area contributed by atoms with Crippen molar-refractivity contribution >= 4 is 46.6 Å². The van der Waals surface area contributed by atoms with Gasteiger partial charge in [0.15, 0.2) is 3.95 Å². The van der Waals surface area contributed by atoms with Crippen LogP contribution in [-0.2, 0) is 20.9 Å². The molecule has 9 nitrogen and oxygen atoms in total. The molecule has 11 heteroatoms. The highest BCUT2D eigenvalue weighted by Crippen LogP contribution is 2.22. The molecule has 0 aliphatic rings. The molecule has 4 N–H and O–H groups in total. The van der Waals surface area contributed by atoms with Crippen molar-refractivity contribution in [1.82, 2.24) is 15.5 Å². The minimum Gasteiger partial charge on any atom is -0.444 e. The zero-order valence-corrected chi connectivity index (χ0v) is 20.2. The molecule has 2 aromatic rings. The Morgan fingerprint density at radius 1 is 1.25 bits per heavy atom. The molecule has 3 atom stereocenters. The van der Waals surface area contributed by atoms with Crippen LogP contribution >= 0.6 is 23.6 Å². The van der Waals surface area contributed by atoms with E-state index >= 15 is 0 Å². The minimum atomic E-state index is -1.01. The SMILES string of the molecule is CC[C@H](C)[C@H](N)C(=O)N[C@H](C(=O)N(C(=O)OCc1ccccc1)c1n[nH]c(=S)s1)C(C)C. The van der Waals surface area contributed by atoms with Gasteiger partial charge in [-0.05, 0) is 29.6 Å². The van der Waals surface area contributed by atoms with Crippen LogP contribution in [0.2, 0.25) is 0 Å². The van der Waals surface area contributed by atoms with Gasteiger partial charge in [0.1, 0.15) is 12.6 Å². The number of carbonyl (C=O) groups excluding carboxylic acids is 3. The Bertz CT molecular complexity index is 976. The third-order valence-corrected chi connectivity index (χ3v) is 6.09. The summed E-state index contributed by atoms with van der Waals surface area (Å²) in [6.45, 7) is 7.28. The quantitative estimate of drug-likeness (QED) is 0.470. The van der Waals surface area contributed by atoms with Crippen molar-refractivity contribution in [3.8, 4) is 0 Å². The minimum absolute atomic E-state index is 0.0309. The van der Waals surface area contributed by atoms with E-state index in [2.05, 4.69) is 15.5 Å². The Morgan fingerprint density at radius 2 is 1.91 bits per heavy atom. The maximum Gasteiger partial charge on any atom is 0.423 e. The predicted octanol–water partition coefficient (Wildman–Crippen LogP) is 3.38. The number of aromatic amines is 1. The second-order valence-corrected chi connectivity index (χ2v) is 9.40. The van der Waals surface area contributed by atoms with Gasteiger partial charge in [0.25, 0.3) is 5.91 Å². The second-order valence-electron chi connectivity index (χ2n) is 7.75. The van der Waals surface area contributed by atoms with Gasteiger partial charge in [-0.25, -0.2) is 4.79 Å². The molecule has 0 saturated heterocycles. The van der Waals surface area contributed by atoms with Gasteiger partial charge in [-0.3, -0.25) is 14.7 Å². The van der Waals surface area contributed by atoms with Crippen LogP contribution in [0.4, 0.5) is 9.93 Å². The van der Waals surface area contributed by atoms with E-state index in [4.69, 9.17) is 22.7 Å². The number of rotatable bonds is 9. The fourth-order valence-corrected chi connectivity index (χ4v) is 3.65. The third-order valence-electron chi connectivity index (χ3n) is 5.02. The molecular weight excluding hydrogens is 450 g/mol. The number of anilines is 1. The lowest BCUT2D eigenvalue weighted by Crippen LogP contribution is -2.57. The molecule has 0 fully saturated rings. The molecular formula is C21H29N5O4S2. The van der Waals surface area contributed by atoms with Gasteiger partial charge in [-0.1, -0.05) is 75.8 Å². The zero-order chi connectivity index (χ0) is 23.8. The van der Waals surface area contributed by atoms with Crippen LogP contribution in [0.25, 0.3) is 0 Å². The second kappa shape index (κ2) is 11.8. The van der Waals surface area contributed by atoms with E-state index in [1.807, 2.05) is 32.0 Å². The van der Waals surface area contributed by atoms with Gasteiger partial charge in [-0.2, -0.15) is 4.90 Å². The monoisotopic (exact) mass is 479 g/mol. The Morgan fingerprint density at radius 3 is 2.44 bits per heavy atom. The van der Waals surface area contributed by atoms with E-state index in [0.29, 0.717) is 6.42 Å². The summed E-state index contributed by atoms with van der Waals surface area (Å²) >= 11 is 6.01. The van der Waals surface area contributed by atoms with E-state index < -0.39 is 30.0 Å². The normalized spacial score (nSPS) is 13.8. The lowest BCUT2D eigenvalue weighted by atomic mass is 9.97. The molecule has 32 heavy (non-hydrogen) atoms. The summed E-state index contributed by atoms with van der Waals surface area (Å²) in [5.74, 6) is -1.53. The largest absolute Gasteiger partial charge is 0.444 e. The van der Waals surface area contributed by atoms with E-state index in [1.165, 1.54) is 0 Å². The molecule has 0 aliphatic carbocycles. The van der Waals surface area contributed by atoms with Gasteiger partial charge in [0.2, 0.25) is 11.0 Å². The molecule has 0 radical (unpaired) electrons. The average molecular weight is 480 g/mol. The number of nitrogens with one attached hydrogen (secondary N) is 2. The van der Waals surface area contributed by atoms with E-state index in [9.17, 15) is 14.4 Å². The molecule has 0 bridgehead atoms. The molecule has 0 aliphatic heterocycles. The summed E-state index contributed by atoms with van der Waals surface area (Å²) in [6, 6.07) is 7.28. The Labute approximate surface area is 196 Å². The molecule has 1 aromatic heterocycles. The highest BCUT2D eigenvalue weighted by atomic mass is 32.1. The fourth-order valence-electron chi connectivity index (χ4n) is 2.78. The van der Waals surface area contributed by atoms with Crippen LogP contribution in [0.3, 0.4) is 0 Å². The molecule has 0 unspecified atom stereocenters. The summed E-state index contributed by atoms with van der Waals surface area (Å²) in [5, 5.41) is 9.25. The number of amides is 3. The first-order valence-electron chi connectivity index (χ1n) is 10.3. The first-order chi connectivity index (χ1) is 15.1. The number of hydrogen-bond donors (Lipinski definition) is 3. The standard InChI is InChI=1S/C21H29N5O4S2/c1-5-13(4)15(22)17(27)23-16(12(2)3)18(28)26(19-24-25-20(31)32-19)21(29)30-11-14-9-7-6-8-10-14/h6-10,12-13,15-16H,5,11,22H2,1-4H3,(H,23,27)(H,25,31)/t13-,15-,16-/m0/s1. The van der Waals surface area contributed by atoms with Crippen molar-refractivity contribution in [2.24, 2.45) is 17.6 Å². The van der Waals surface area contributed by atoms with E-state index in [-0.39, 0.29) is 27.5 Å². The average Bonchev–Trinajstić information content (AvgIpc) is 3.20. The Balaban J connectivity index is 2.27. The van der Waals surface area contributed by atoms with Crippen molar-refractivity contribution < 1.29 is 19.1 Å². The molecule has 1 aromatic carbocycles. The van der Waals surface area contributed by atoms with Crippen LogP contribution in [-0.4, -0.2) is 40.2 Å². The molecule has 0 saturated carbocycles. The summed E-state index contributed by atoms with van der Waals surface area (Å²) in [6.07, 6.45) is -0.202. The number of hydrogen-bond acceptors (Lipinski definition) is 8. The first-order valence-corrected chi connectivity index (χ1v) is 11.5. The highest BCUT2D eigenvalue weighted by molar-refractivity contribution is 7.73. The Kier molecular flexibility index (Phi) is 9.48. The van der Waals surface area contributed by atoms with Crippen molar-refractivity contribution in [1.29, 1.82) is 0 Å². The summed E-state index contributed by atoms with van der Waals surface area (Å²) in [7, 11) is 0. The van der Waals surface area contributed by atoms with Gasteiger partial charge in [0, 0.05) is 0 Å². The molecule has 0 spiro atoms. The lowest BCUT2D eigenvalue weighted by Gasteiger charge is -2.28. The van der Waals surface area contributed by atoms with Gasteiger partial charge >= 0.3 is 6.09 Å². The molecule has 2 rings (SSSR count). The highest BCUT2D eigenvalue weighted by Gasteiger charge is 2.37. The first kappa shape index (κ1) is 25.6. The van der Waals surface area contributed by atoms with Crippen molar-refractivity contribution in [2.75, 3.05) is 4.90 Å². The van der Waals surface area contributed by atoms with E-state index in [1.54, 1.807) is 26.0 Å². The zero-order valence-electron chi connectivity index (χ0n) is 18.5. The maximum absolute atomic E-state index is 13.4. The van der Waals surface area contributed by atoms with Crippen LogP contribution in [0.1, 0.15) is 39.7 Å². The number of imide groups is 1. The van der Waals surface area contributed by atoms with Gasteiger partial charge in [0.05, 0.1) is 6.04 Å². The van der Waals surface area contributed by atoms with Crippen LogP contribution in [0.5, 0.6) is 0 Å². The van der Waals surface area contributed by atoms with Crippen LogP contribution in [0, 0.1) is 15.8 Å². The number of nitrogens with two attached hydrogens (primary N) is 1. The summed E-state index contributed by atoms with van der Waals surface area (Å²) in [4.78, 5) is 39.8. The van der Waals surface area contributed by atoms with Crippen molar-refractivity contribution in [3.05, 3.63) is 39.8 Å². The number of aromatic nitrogens is 2. The van der Waals surface area contributed by atoms with Crippen molar-refractivity contribution in [3.63, 3.8) is 0 Å². The third kappa shape index (κ3) is 6.68. The van der Waals surface area contributed by atoms with Crippen LogP contribution < -0.4 is 16.0 Å². The molecule has 3 amide bonds. The van der Waals surface area contributed by atoms with Gasteiger partial charge < -0.3 is 15.8 Å². The summed E-state index contributed by atoms with van der Waals surface area (Å²) < 4.78 is 5.65. The van der Waals surface area contributed by atoms with Gasteiger partial charge in [-0.15, -0.1) is 5.10 Å². The molecule has 1 heterocycles.